The number of carbonyl (C=O) groups is 2. The molecule has 0 aliphatic carbocycles. The van der Waals surface area contributed by atoms with Crippen molar-refractivity contribution in [2.24, 2.45) is 14.1 Å². The fraction of sp³-hybridized carbons (Fsp3) is 0.214. The van der Waals surface area contributed by atoms with Crippen molar-refractivity contribution < 1.29 is 14.3 Å². The van der Waals surface area contributed by atoms with E-state index in [0.29, 0.717) is 0 Å². The molecule has 0 saturated heterocycles. The van der Waals surface area contributed by atoms with Crippen LogP contribution in [0, 0.1) is 0 Å². The molecule has 2 rings (SSSR count). The smallest absolute Gasteiger partial charge is 0.340 e. The highest BCUT2D eigenvalue weighted by molar-refractivity contribution is 6.29. The lowest BCUT2D eigenvalue weighted by Gasteiger charge is -2.11. The van der Waals surface area contributed by atoms with Crippen LogP contribution in [0.1, 0.15) is 20.7 Å². The molecule has 0 unspecified atom stereocenters. The number of ketones is 1. The molecule has 0 amide bonds. The predicted molar refractivity (Wildman–Crippen MR) is 85.2 cm³/mol. The lowest BCUT2D eigenvalue weighted by atomic mass is 10.2. The number of rotatable bonds is 4. The Labute approximate surface area is 140 Å². The van der Waals surface area contributed by atoms with Crippen LogP contribution in [-0.4, -0.2) is 32.5 Å². The van der Waals surface area contributed by atoms with Gasteiger partial charge in [-0.15, -0.1) is 0 Å². The van der Waals surface area contributed by atoms with Crippen molar-refractivity contribution in [3.05, 3.63) is 55.4 Å². The number of Topliss-reactive ketones (excluding diaryl/α,β-unsaturated/α-hetero) is 1. The molecule has 2 aromatic heterocycles. The van der Waals surface area contributed by atoms with Crippen molar-refractivity contribution in [3.8, 4) is 0 Å². The lowest BCUT2D eigenvalue weighted by Crippen LogP contribution is -2.42. The molecule has 0 bridgehead atoms. The SMILES string of the molecule is Cn1c(N)c(C(=O)COC(=O)c2ccc(Cl)nc2)c(=O)n(C)c1=O. The second-order valence-corrected chi connectivity index (χ2v) is 5.22. The number of ether oxygens (including phenoxy) is 1. The number of anilines is 1. The molecular weight excluding hydrogens is 340 g/mol. The van der Waals surface area contributed by atoms with E-state index in [2.05, 4.69) is 4.98 Å². The van der Waals surface area contributed by atoms with Crippen molar-refractivity contribution in [1.29, 1.82) is 0 Å². The summed E-state index contributed by atoms with van der Waals surface area (Å²) >= 11 is 5.61. The van der Waals surface area contributed by atoms with E-state index < -0.39 is 35.2 Å². The first-order chi connectivity index (χ1) is 11.2. The number of halogens is 1. The maximum Gasteiger partial charge on any atom is 0.340 e. The minimum Gasteiger partial charge on any atom is -0.454 e. The number of nitrogens with two attached hydrogens (primary N) is 1. The number of nitrogens with zero attached hydrogens (tertiary/aromatic N) is 3. The highest BCUT2D eigenvalue weighted by atomic mass is 35.5. The number of aromatic nitrogens is 3. The molecule has 0 aliphatic heterocycles. The molecule has 0 fully saturated rings. The highest BCUT2D eigenvalue weighted by Gasteiger charge is 2.21. The molecule has 2 aromatic rings. The maximum atomic E-state index is 12.2. The Morgan fingerprint density at radius 3 is 2.50 bits per heavy atom. The molecule has 0 atom stereocenters. The summed E-state index contributed by atoms with van der Waals surface area (Å²) in [6.45, 7) is -0.709. The van der Waals surface area contributed by atoms with Crippen LogP contribution in [0.2, 0.25) is 5.15 Å². The van der Waals surface area contributed by atoms with Gasteiger partial charge in [0.15, 0.2) is 6.61 Å². The molecule has 0 saturated carbocycles. The van der Waals surface area contributed by atoms with E-state index in [-0.39, 0.29) is 16.5 Å². The number of hydrogen-bond donors (Lipinski definition) is 1. The summed E-state index contributed by atoms with van der Waals surface area (Å²) in [5.41, 5.74) is 3.80. The van der Waals surface area contributed by atoms with E-state index in [4.69, 9.17) is 22.1 Å². The Morgan fingerprint density at radius 2 is 1.92 bits per heavy atom. The monoisotopic (exact) mass is 352 g/mol. The van der Waals surface area contributed by atoms with E-state index in [9.17, 15) is 19.2 Å². The average molecular weight is 353 g/mol. The molecule has 0 spiro atoms. The second-order valence-electron chi connectivity index (χ2n) is 4.83. The molecule has 0 radical (unpaired) electrons. The summed E-state index contributed by atoms with van der Waals surface area (Å²) < 4.78 is 6.54. The van der Waals surface area contributed by atoms with Gasteiger partial charge in [0.05, 0.1) is 5.56 Å². The van der Waals surface area contributed by atoms with Crippen molar-refractivity contribution in [2.75, 3.05) is 12.3 Å². The van der Waals surface area contributed by atoms with Gasteiger partial charge in [-0.2, -0.15) is 0 Å². The van der Waals surface area contributed by atoms with Crippen LogP contribution in [0.5, 0.6) is 0 Å². The highest BCUT2D eigenvalue weighted by Crippen LogP contribution is 2.08. The van der Waals surface area contributed by atoms with E-state index in [1.165, 1.54) is 32.4 Å². The predicted octanol–water partition coefficient (Wildman–Crippen LogP) is -0.246. The number of carbonyl (C=O) groups excluding carboxylic acids is 2. The van der Waals surface area contributed by atoms with Crippen molar-refractivity contribution in [2.45, 2.75) is 0 Å². The van der Waals surface area contributed by atoms with Gasteiger partial charge in [-0.25, -0.2) is 14.6 Å². The molecular formula is C14H13ClN4O5. The molecule has 126 valence electrons. The third-order valence-corrected chi connectivity index (χ3v) is 3.51. The largest absolute Gasteiger partial charge is 0.454 e. The Balaban J connectivity index is 2.22. The number of esters is 1. The van der Waals surface area contributed by atoms with Gasteiger partial charge in [0.2, 0.25) is 5.78 Å². The summed E-state index contributed by atoms with van der Waals surface area (Å²) in [5, 5.41) is 0.198. The number of hydrogen-bond acceptors (Lipinski definition) is 7. The maximum absolute atomic E-state index is 12.2. The lowest BCUT2D eigenvalue weighted by molar-refractivity contribution is 0.0474. The Hall–Kier alpha value is -2.94. The molecule has 2 heterocycles. The van der Waals surface area contributed by atoms with Gasteiger partial charge < -0.3 is 10.5 Å². The zero-order valence-electron chi connectivity index (χ0n) is 12.8. The quantitative estimate of drug-likeness (QED) is 0.457. The first-order valence-electron chi connectivity index (χ1n) is 6.61. The zero-order valence-corrected chi connectivity index (χ0v) is 13.5. The third kappa shape index (κ3) is 3.20. The summed E-state index contributed by atoms with van der Waals surface area (Å²) in [6.07, 6.45) is 1.19. The second kappa shape index (κ2) is 6.67. The molecule has 0 aliphatic rings. The summed E-state index contributed by atoms with van der Waals surface area (Å²) in [6, 6.07) is 2.77. The Morgan fingerprint density at radius 1 is 1.25 bits per heavy atom. The fourth-order valence-corrected chi connectivity index (χ4v) is 2.02. The minimum atomic E-state index is -0.857. The molecule has 9 nitrogen and oxygen atoms in total. The normalized spacial score (nSPS) is 10.5. The number of pyridine rings is 1. The average Bonchev–Trinajstić information content (AvgIpc) is 2.57. The van der Waals surface area contributed by atoms with Crippen molar-refractivity contribution in [1.82, 2.24) is 14.1 Å². The van der Waals surface area contributed by atoms with E-state index in [0.717, 1.165) is 9.13 Å². The molecule has 2 N–H and O–H groups in total. The fourth-order valence-electron chi connectivity index (χ4n) is 1.91. The first kappa shape index (κ1) is 17.4. The summed E-state index contributed by atoms with van der Waals surface area (Å²) in [5.74, 6) is -1.93. The van der Waals surface area contributed by atoms with Crippen LogP contribution in [0.4, 0.5) is 5.82 Å². The van der Waals surface area contributed by atoms with Crippen LogP contribution in [0.15, 0.2) is 27.9 Å². The number of nitrogen functional groups attached to an aromatic ring is 1. The van der Waals surface area contributed by atoms with Gasteiger partial charge in [0.25, 0.3) is 5.56 Å². The standard InChI is InChI=1S/C14H13ClN4O5/c1-18-11(16)10(12(21)19(2)14(18)23)8(20)6-24-13(22)7-3-4-9(15)17-5-7/h3-5H,6,16H2,1-2H3. The van der Waals surface area contributed by atoms with Gasteiger partial charge in [-0.1, -0.05) is 11.6 Å². The minimum absolute atomic E-state index is 0.0912. The van der Waals surface area contributed by atoms with Gasteiger partial charge >= 0.3 is 11.7 Å². The van der Waals surface area contributed by atoms with Crippen LogP contribution in [-0.2, 0) is 18.8 Å². The van der Waals surface area contributed by atoms with Crippen LogP contribution < -0.4 is 17.0 Å². The Kier molecular flexibility index (Phi) is 4.84. The van der Waals surface area contributed by atoms with Crippen molar-refractivity contribution >= 4 is 29.2 Å². The Bertz CT molecular complexity index is 930. The molecule has 24 heavy (non-hydrogen) atoms. The van der Waals surface area contributed by atoms with Crippen LogP contribution >= 0.6 is 11.6 Å². The van der Waals surface area contributed by atoms with E-state index in [1.807, 2.05) is 0 Å². The van der Waals surface area contributed by atoms with Gasteiger partial charge in [0, 0.05) is 20.3 Å². The first-order valence-corrected chi connectivity index (χ1v) is 6.99. The summed E-state index contributed by atoms with van der Waals surface area (Å²) in [4.78, 5) is 51.4. The summed E-state index contributed by atoms with van der Waals surface area (Å²) in [7, 11) is 2.53. The molecule has 10 heteroatoms. The van der Waals surface area contributed by atoms with Crippen LogP contribution in [0.25, 0.3) is 0 Å². The topological polar surface area (TPSA) is 126 Å². The van der Waals surface area contributed by atoms with E-state index >= 15 is 0 Å². The van der Waals surface area contributed by atoms with Gasteiger partial charge in [-0.3, -0.25) is 18.7 Å². The van der Waals surface area contributed by atoms with Crippen LogP contribution in [0.3, 0.4) is 0 Å². The van der Waals surface area contributed by atoms with Gasteiger partial charge in [0.1, 0.15) is 16.5 Å². The van der Waals surface area contributed by atoms with Crippen molar-refractivity contribution in [3.63, 3.8) is 0 Å². The molecule has 0 aromatic carbocycles. The third-order valence-electron chi connectivity index (χ3n) is 3.29. The zero-order chi connectivity index (χ0) is 18.0. The van der Waals surface area contributed by atoms with Gasteiger partial charge in [-0.05, 0) is 12.1 Å². The van der Waals surface area contributed by atoms with E-state index in [1.54, 1.807) is 0 Å².